The van der Waals surface area contributed by atoms with E-state index in [1.54, 1.807) is 30.7 Å². The zero-order valence-corrected chi connectivity index (χ0v) is 8.41. The molecule has 1 N–H and O–H groups in total. The Morgan fingerprint density at radius 1 is 1.71 bits per heavy atom. The van der Waals surface area contributed by atoms with Crippen LogP contribution in [0.2, 0.25) is 0 Å². The lowest BCUT2D eigenvalue weighted by atomic mass is 10.4. The van der Waals surface area contributed by atoms with Crippen LogP contribution in [-0.4, -0.2) is 22.3 Å². The van der Waals surface area contributed by atoms with Gasteiger partial charge in [0.2, 0.25) is 5.91 Å². The second-order valence-corrected chi connectivity index (χ2v) is 3.56. The predicted molar refractivity (Wildman–Crippen MR) is 56.2 cm³/mol. The van der Waals surface area contributed by atoms with Crippen LogP contribution in [0, 0.1) is 0 Å². The normalized spacial score (nSPS) is 11.2. The molecule has 2 aromatic rings. The summed E-state index contributed by atoms with van der Waals surface area (Å²) in [5, 5.41) is 4.47. The topological polar surface area (TPSA) is 46.4 Å². The van der Waals surface area contributed by atoms with Gasteiger partial charge in [-0.2, -0.15) is 0 Å². The molecule has 0 unspecified atom stereocenters. The molecule has 0 aliphatic carbocycles. The number of carbonyl (C=O) groups excluding carboxylic acids is 1. The Hall–Kier alpha value is -1.62. The number of nitrogens with zero attached hydrogens (tertiary/aromatic N) is 2. The van der Waals surface area contributed by atoms with Crippen molar-refractivity contribution < 1.29 is 4.79 Å². The van der Waals surface area contributed by atoms with Gasteiger partial charge in [0.15, 0.2) is 4.96 Å². The largest absolute Gasteiger partial charge is 0.356 e. The summed E-state index contributed by atoms with van der Waals surface area (Å²) < 4.78 is 1.93. The number of rotatable bonds is 2. The molecule has 4 nitrogen and oxygen atoms in total. The third-order valence-corrected chi connectivity index (χ3v) is 2.60. The Bertz CT molecular complexity index is 483. The van der Waals surface area contributed by atoms with Gasteiger partial charge in [0.05, 0.1) is 11.9 Å². The molecular formula is C9H9N3OS. The quantitative estimate of drug-likeness (QED) is 0.751. The highest BCUT2D eigenvalue weighted by molar-refractivity contribution is 7.15. The van der Waals surface area contributed by atoms with Gasteiger partial charge in [0, 0.05) is 24.7 Å². The number of hydrogen-bond acceptors (Lipinski definition) is 3. The maximum absolute atomic E-state index is 11.0. The van der Waals surface area contributed by atoms with Crippen molar-refractivity contribution in [3.8, 4) is 0 Å². The van der Waals surface area contributed by atoms with E-state index in [-0.39, 0.29) is 5.91 Å². The highest BCUT2D eigenvalue weighted by Crippen LogP contribution is 2.13. The molecule has 2 aromatic heterocycles. The molecule has 1 amide bonds. The van der Waals surface area contributed by atoms with Crippen molar-refractivity contribution in [1.82, 2.24) is 14.7 Å². The average molecular weight is 207 g/mol. The molecule has 72 valence electrons. The van der Waals surface area contributed by atoms with Crippen molar-refractivity contribution >= 4 is 28.3 Å². The van der Waals surface area contributed by atoms with Crippen molar-refractivity contribution in [2.24, 2.45) is 0 Å². The van der Waals surface area contributed by atoms with Crippen LogP contribution in [0.3, 0.4) is 0 Å². The standard InChI is InChI=1S/C9H9N3OS/c1-10-8(13)3-2-7-6-11-9-12(7)4-5-14-9/h2-6H,1H3,(H,10,13)/b3-2+. The molecule has 0 aromatic carbocycles. The first-order valence-corrected chi connectivity index (χ1v) is 4.99. The number of imidazole rings is 1. The minimum atomic E-state index is -0.116. The fourth-order valence-corrected chi connectivity index (χ4v) is 1.81. The number of hydrogen-bond donors (Lipinski definition) is 1. The van der Waals surface area contributed by atoms with E-state index in [4.69, 9.17) is 0 Å². The first-order valence-electron chi connectivity index (χ1n) is 4.11. The zero-order valence-electron chi connectivity index (χ0n) is 7.60. The van der Waals surface area contributed by atoms with Crippen molar-refractivity contribution in [2.45, 2.75) is 0 Å². The third-order valence-electron chi connectivity index (χ3n) is 1.83. The van der Waals surface area contributed by atoms with Crippen molar-refractivity contribution in [3.05, 3.63) is 29.5 Å². The fourth-order valence-electron chi connectivity index (χ4n) is 1.11. The molecule has 2 heterocycles. The molecule has 0 radical (unpaired) electrons. The summed E-state index contributed by atoms with van der Waals surface area (Å²) in [5.41, 5.74) is 0.907. The second kappa shape index (κ2) is 3.63. The van der Waals surface area contributed by atoms with Crippen LogP contribution in [0.1, 0.15) is 5.69 Å². The minimum absolute atomic E-state index is 0.116. The summed E-state index contributed by atoms with van der Waals surface area (Å²) in [4.78, 5) is 16.1. The number of likely N-dealkylation sites (N-methyl/N-ethyl adjacent to an activating group) is 1. The highest BCUT2D eigenvalue weighted by Gasteiger charge is 2.00. The number of fused-ring (bicyclic) bond motifs is 1. The number of carbonyl (C=O) groups is 1. The fraction of sp³-hybridized carbons (Fsp3) is 0.111. The van der Waals surface area contributed by atoms with E-state index in [0.29, 0.717) is 0 Å². The van der Waals surface area contributed by atoms with Gasteiger partial charge in [-0.05, 0) is 6.08 Å². The van der Waals surface area contributed by atoms with Crippen LogP contribution in [0.15, 0.2) is 23.8 Å². The maximum Gasteiger partial charge on any atom is 0.243 e. The van der Waals surface area contributed by atoms with E-state index in [9.17, 15) is 4.79 Å². The number of thiazole rings is 1. The Labute approximate surface area is 84.9 Å². The Kier molecular flexibility index (Phi) is 2.32. The first kappa shape index (κ1) is 8.96. The van der Waals surface area contributed by atoms with Crippen molar-refractivity contribution in [2.75, 3.05) is 7.05 Å². The summed E-state index contributed by atoms with van der Waals surface area (Å²) in [7, 11) is 1.60. The Morgan fingerprint density at radius 3 is 3.36 bits per heavy atom. The molecule has 0 saturated heterocycles. The van der Waals surface area contributed by atoms with Crippen molar-refractivity contribution in [1.29, 1.82) is 0 Å². The van der Waals surface area contributed by atoms with Crippen LogP contribution in [0.25, 0.3) is 11.0 Å². The molecule has 0 aliphatic rings. The lowest BCUT2D eigenvalue weighted by molar-refractivity contribution is -0.115. The zero-order chi connectivity index (χ0) is 9.97. The predicted octanol–water partition coefficient (Wildman–Crippen LogP) is 1.15. The Balaban J connectivity index is 2.31. The van der Waals surface area contributed by atoms with Gasteiger partial charge in [-0.3, -0.25) is 9.20 Å². The summed E-state index contributed by atoms with van der Waals surface area (Å²) >= 11 is 1.57. The van der Waals surface area contributed by atoms with Crippen LogP contribution in [0.5, 0.6) is 0 Å². The number of amides is 1. The third kappa shape index (κ3) is 1.54. The highest BCUT2D eigenvalue weighted by atomic mass is 32.1. The van der Waals surface area contributed by atoms with Crippen LogP contribution >= 0.6 is 11.3 Å². The van der Waals surface area contributed by atoms with E-state index < -0.39 is 0 Å². The molecular weight excluding hydrogens is 198 g/mol. The van der Waals surface area contributed by atoms with Crippen LogP contribution < -0.4 is 5.32 Å². The van der Waals surface area contributed by atoms with Gasteiger partial charge in [-0.25, -0.2) is 4.98 Å². The lowest BCUT2D eigenvalue weighted by Crippen LogP contribution is -2.13. The number of nitrogens with one attached hydrogen (secondary N) is 1. The van der Waals surface area contributed by atoms with Gasteiger partial charge in [-0.1, -0.05) is 0 Å². The molecule has 0 bridgehead atoms. The summed E-state index contributed by atoms with van der Waals surface area (Å²) in [5.74, 6) is -0.116. The lowest BCUT2D eigenvalue weighted by Gasteiger charge is -1.90. The van der Waals surface area contributed by atoms with E-state index >= 15 is 0 Å². The molecule has 0 spiro atoms. The summed E-state index contributed by atoms with van der Waals surface area (Å²) in [6.07, 6.45) is 6.90. The number of aromatic nitrogens is 2. The summed E-state index contributed by atoms with van der Waals surface area (Å²) in [6, 6.07) is 0. The molecule has 5 heteroatoms. The molecule has 0 atom stereocenters. The molecule has 14 heavy (non-hydrogen) atoms. The maximum atomic E-state index is 11.0. The van der Waals surface area contributed by atoms with E-state index in [2.05, 4.69) is 10.3 Å². The SMILES string of the molecule is CNC(=O)/C=C/c1cnc2sccn12. The Morgan fingerprint density at radius 2 is 2.57 bits per heavy atom. The van der Waals surface area contributed by atoms with Crippen LogP contribution in [-0.2, 0) is 4.79 Å². The van der Waals surface area contributed by atoms with Gasteiger partial charge < -0.3 is 5.32 Å². The molecule has 0 fully saturated rings. The second-order valence-electron chi connectivity index (χ2n) is 2.69. The molecule has 0 saturated carbocycles. The van der Waals surface area contributed by atoms with Crippen molar-refractivity contribution in [3.63, 3.8) is 0 Å². The van der Waals surface area contributed by atoms with E-state index in [1.165, 1.54) is 6.08 Å². The molecule has 0 aliphatic heterocycles. The smallest absolute Gasteiger partial charge is 0.243 e. The van der Waals surface area contributed by atoms with Gasteiger partial charge >= 0.3 is 0 Å². The monoisotopic (exact) mass is 207 g/mol. The van der Waals surface area contributed by atoms with E-state index in [0.717, 1.165) is 10.7 Å². The van der Waals surface area contributed by atoms with Gasteiger partial charge in [-0.15, -0.1) is 11.3 Å². The van der Waals surface area contributed by atoms with Gasteiger partial charge in [0.25, 0.3) is 0 Å². The van der Waals surface area contributed by atoms with E-state index in [1.807, 2.05) is 16.0 Å². The summed E-state index contributed by atoms with van der Waals surface area (Å²) in [6.45, 7) is 0. The first-order chi connectivity index (χ1) is 6.81. The molecule has 2 rings (SSSR count). The average Bonchev–Trinajstić information content (AvgIpc) is 2.76. The van der Waals surface area contributed by atoms with Crippen LogP contribution in [0.4, 0.5) is 0 Å². The van der Waals surface area contributed by atoms with Gasteiger partial charge in [0.1, 0.15) is 0 Å². The minimum Gasteiger partial charge on any atom is -0.356 e.